The normalized spacial score (nSPS) is 25.5. The minimum Gasteiger partial charge on any atom is -0.508 e. The molecule has 2 aromatic heterocycles. The molecular weight excluding hydrogens is 756 g/mol. The number of amides is 1. The predicted molar refractivity (Wildman–Crippen MR) is 195 cm³/mol. The number of anilines is 1. The molecule has 4 aromatic rings. The van der Waals surface area contributed by atoms with Crippen LogP contribution in [0.5, 0.6) is 11.8 Å². The van der Waals surface area contributed by atoms with Crippen molar-refractivity contribution in [2.45, 2.75) is 61.7 Å². The summed E-state index contributed by atoms with van der Waals surface area (Å²) in [7, 11) is 0. The van der Waals surface area contributed by atoms with Crippen molar-refractivity contribution in [2.24, 2.45) is 5.92 Å². The number of aromatic nitrogens is 3. The molecule has 4 saturated heterocycles. The number of pyridine rings is 1. The monoisotopic (exact) mass is 791 g/mol. The van der Waals surface area contributed by atoms with Crippen LogP contribution < -0.4 is 9.64 Å². The molecule has 4 aliphatic heterocycles. The minimum absolute atomic E-state index is 0.000464. The molecule has 5 atom stereocenters. The van der Waals surface area contributed by atoms with E-state index in [1.165, 1.54) is 18.3 Å². The fourth-order valence-corrected chi connectivity index (χ4v) is 9.11. The van der Waals surface area contributed by atoms with Crippen LogP contribution in [0.15, 0.2) is 43.1 Å². The van der Waals surface area contributed by atoms with Crippen LogP contribution in [0.4, 0.5) is 32.2 Å². The molecule has 11 nitrogen and oxygen atoms in total. The van der Waals surface area contributed by atoms with Crippen LogP contribution in [0.3, 0.4) is 0 Å². The molecule has 57 heavy (non-hydrogen) atoms. The van der Waals surface area contributed by atoms with E-state index in [9.17, 15) is 19.6 Å². The van der Waals surface area contributed by atoms with E-state index >= 15 is 22.0 Å². The van der Waals surface area contributed by atoms with Gasteiger partial charge in [-0.2, -0.15) is 28.4 Å². The second-order valence-electron chi connectivity index (χ2n) is 14.8. The Morgan fingerprint density at radius 3 is 2.63 bits per heavy atom. The van der Waals surface area contributed by atoms with E-state index < -0.39 is 90.4 Å². The van der Waals surface area contributed by atoms with Gasteiger partial charge >= 0.3 is 12.2 Å². The fourth-order valence-electron chi connectivity index (χ4n) is 9.11. The number of ether oxygens (including phenoxy) is 2. The summed E-state index contributed by atoms with van der Waals surface area (Å²) in [6.45, 7) is 2.53. The van der Waals surface area contributed by atoms with Gasteiger partial charge in [-0.05, 0) is 48.9 Å². The number of likely N-dealkylation sites (tertiary alicyclic amines) is 1. The number of nitriles is 1. The van der Waals surface area contributed by atoms with Crippen molar-refractivity contribution in [1.82, 2.24) is 24.8 Å². The summed E-state index contributed by atoms with van der Waals surface area (Å²) in [5, 5.41) is 20.9. The average Bonchev–Trinajstić information content (AvgIpc) is 3.66. The van der Waals surface area contributed by atoms with Gasteiger partial charge in [-0.3, -0.25) is 14.7 Å². The number of aromatic hydroxyl groups is 1. The van der Waals surface area contributed by atoms with Crippen LogP contribution in [0, 0.1) is 41.2 Å². The largest absolute Gasteiger partial charge is 0.508 e. The highest BCUT2D eigenvalue weighted by molar-refractivity contribution is 6.03. The number of alkyl halides is 4. The first-order valence-corrected chi connectivity index (χ1v) is 18.3. The third-order valence-electron chi connectivity index (χ3n) is 11.7. The van der Waals surface area contributed by atoms with Gasteiger partial charge in [0.2, 0.25) is 5.91 Å². The van der Waals surface area contributed by atoms with E-state index in [1.54, 1.807) is 9.80 Å². The highest BCUT2D eigenvalue weighted by Gasteiger charge is 2.65. The van der Waals surface area contributed by atoms with Gasteiger partial charge < -0.3 is 24.4 Å². The number of carbonyl (C=O) groups is 1. The van der Waals surface area contributed by atoms with Gasteiger partial charge in [0.1, 0.15) is 41.4 Å². The Hall–Kier alpha value is -5.65. The molecule has 8 rings (SSSR count). The molecule has 0 aliphatic carbocycles. The van der Waals surface area contributed by atoms with Crippen LogP contribution in [0.2, 0.25) is 0 Å². The lowest BCUT2D eigenvalue weighted by atomic mass is 9.93. The highest BCUT2D eigenvalue weighted by Crippen LogP contribution is 2.47. The van der Waals surface area contributed by atoms with Crippen molar-refractivity contribution < 1.29 is 45.7 Å². The smallest absolute Gasteiger partial charge is 0.410 e. The first-order valence-electron chi connectivity index (χ1n) is 18.3. The summed E-state index contributed by atoms with van der Waals surface area (Å²) in [5.41, 5.74) is -3.95. The third kappa shape index (κ3) is 6.33. The van der Waals surface area contributed by atoms with Crippen LogP contribution in [0.1, 0.15) is 31.2 Å². The number of terminal acetylenes is 1. The molecule has 0 radical (unpaired) electrons. The van der Waals surface area contributed by atoms with Gasteiger partial charge in [0.15, 0.2) is 11.4 Å². The van der Waals surface area contributed by atoms with E-state index in [-0.39, 0.29) is 83.9 Å². The van der Waals surface area contributed by atoms with Crippen molar-refractivity contribution >= 4 is 33.4 Å². The van der Waals surface area contributed by atoms with Crippen LogP contribution in [0.25, 0.3) is 32.9 Å². The number of piperazine rings is 1. The standard InChI is InChI=1S/C40H35F6N7O4/c1-3-27-30(42)6-5-21-12-26(54)13-28(33(21)27)35-34(43)36-29(16-48-35)37(51-18-25-11-22(15-47)31(19-51)53(25)32(55)4-2)50-38(49-36)57-20-39(40(44,45)46)14-23(41)17-52(39)24-7-9-56-10-8-24/h1,4-6,12-13,16,22-25,31,54H,2,7-11,14,17-20H2/t22?,23-,25-,31-,39+/m1/s1. The first kappa shape index (κ1) is 38.2. The molecule has 296 valence electrons. The van der Waals surface area contributed by atoms with E-state index in [4.69, 9.17) is 15.9 Å². The quantitative estimate of drug-likeness (QED) is 0.139. The fraction of sp³-hybridized carbons (Fsp3) is 0.425. The molecule has 0 saturated carbocycles. The van der Waals surface area contributed by atoms with Crippen molar-refractivity contribution in [3.63, 3.8) is 0 Å². The van der Waals surface area contributed by atoms with Crippen LogP contribution >= 0.6 is 0 Å². The topological polar surface area (TPSA) is 128 Å². The summed E-state index contributed by atoms with van der Waals surface area (Å²) < 4.78 is 104. The number of hydrogen-bond donors (Lipinski definition) is 1. The number of rotatable bonds is 7. The number of hydrogen-bond acceptors (Lipinski definition) is 10. The Morgan fingerprint density at radius 2 is 1.93 bits per heavy atom. The number of carbonyl (C=O) groups excluding carboxylic acids is 1. The predicted octanol–water partition coefficient (Wildman–Crippen LogP) is 5.83. The zero-order valence-electron chi connectivity index (χ0n) is 30.3. The van der Waals surface area contributed by atoms with Gasteiger partial charge in [0, 0.05) is 62.5 Å². The number of nitrogens with zero attached hydrogens (tertiary/aromatic N) is 7. The maximum absolute atomic E-state index is 17.1. The lowest BCUT2D eigenvalue weighted by Crippen LogP contribution is -2.62. The van der Waals surface area contributed by atoms with E-state index in [1.807, 2.05) is 0 Å². The maximum Gasteiger partial charge on any atom is 0.410 e. The summed E-state index contributed by atoms with van der Waals surface area (Å²) >= 11 is 0. The van der Waals surface area contributed by atoms with Crippen LogP contribution in [-0.2, 0) is 9.53 Å². The summed E-state index contributed by atoms with van der Waals surface area (Å²) in [6.07, 6.45) is 1.18. The number of phenolic OH excluding ortho intramolecular Hbond substituents is 1. The molecule has 4 aliphatic rings. The average molecular weight is 792 g/mol. The molecule has 1 unspecified atom stereocenters. The Kier molecular flexibility index (Phi) is 9.64. The number of phenols is 1. The molecule has 17 heteroatoms. The Balaban J connectivity index is 1.28. The second-order valence-corrected chi connectivity index (χ2v) is 14.8. The maximum atomic E-state index is 17.1. The number of halogens is 6. The molecule has 2 bridgehead atoms. The Labute approximate surface area is 322 Å². The van der Waals surface area contributed by atoms with Crippen molar-refractivity contribution in [3.05, 3.63) is 60.3 Å². The van der Waals surface area contributed by atoms with Gasteiger partial charge in [-0.1, -0.05) is 18.6 Å². The molecule has 2 aromatic carbocycles. The lowest BCUT2D eigenvalue weighted by Gasteiger charge is -2.44. The van der Waals surface area contributed by atoms with Gasteiger partial charge in [-0.25, -0.2) is 13.2 Å². The number of benzene rings is 2. The lowest BCUT2D eigenvalue weighted by molar-refractivity contribution is -0.241. The Bertz CT molecular complexity index is 2380. The van der Waals surface area contributed by atoms with Crippen molar-refractivity contribution in [3.8, 4) is 41.4 Å². The molecule has 1 amide bonds. The minimum atomic E-state index is -4.96. The van der Waals surface area contributed by atoms with Crippen molar-refractivity contribution in [2.75, 3.05) is 44.4 Å². The van der Waals surface area contributed by atoms with Gasteiger partial charge in [-0.15, -0.1) is 6.42 Å². The van der Waals surface area contributed by atoms with Gasteiger partial charge in [0.25, 0.3) is 0 Å². The summed E-state index contributed by atoms with van der Waals surface area (Å²) in [6, 6.07) is 4.73. The molecular formula is C40H35F6N7O4. The molecule has 6 heterocycles. The second kappa shape index (κ2) is 14.4. The number of fused-ring (bicyclic) bond motifs is 4. The summed E-state index contributed by atoms with van der Waals surface area (Å²) in [5.74, 6) is -0.898. The SMILES string of the molecule is C#Cc1c(F)ccc2cc(O)cc(-c3ncc4c(N5C[C@H]6CC(C#N)[C@@H](C5)N6C(=O)C=C)nc(OC[C@]5(C(F)(F)F)C[C@@H](F)CN5C5CCOCC5)nc4c3F)c12. The zero-order valence-corrected chi connectivity index (χ0v) is 30.3. The highest BCUT2D eigenvalue weighted by atomic mass is 19.4. The third-order valence-corrected chi connectivity index (χ3v) is 11.7. The summed E-state index contributed by atoms with van der Waals surface area (Å²) in [4.78, 5) is 30.3. The molecule has 4 fully saturated rings. The molecule has 0 spiro atoms. The van der Waals surface area contributed by atoms with E-state index in [0.717, 1.165) is 23.1 Å². The van der Waals surface area contributed by atoms with Crippen LogP contribution in [-0.4, -0.2) is 111 Å². The molecule has 1 N–H and O–H groups in total. The first-order chi connectivity index (χ1) is 27.3. The Morgan fingerprint density at radius 1 is 1.16 bits per heavy atom. The van der Waals surface area contributed by atoms with E-state index in [2.05, 4.69) is 33.5 Å². The van der Waals surface area contributed by atoms with Gasteiger partial charge in [0.05, 0.1) is 35.0 Å². The zero-order chi connectivity index (χ0) is 40.4. The van der Waals surface area contributed by atoms with E-state index in [0.29, 0.717) is 6.42 Å². The van der Waals surface area contributed by atoms with Crippen molar-refractivity contribution in [1.29, 1.82) is 5.26 Å².